The van der Waals surface area contributed by atoms with Crippen LogP contribution in [0.5, 0.6) is 0 Å². The van der Waals surface area contributed by atoms with Gasteiger partial charge in [0.15, 0.2) is 0 Å². The molecule has 0 saturated carbocycles. The van der Waals surface area contributed by atoms with Crippen LogP contribution in [0.15, 0.2) is 24.8 Å². The van der Waals surface area contributed by atoms with Crippen molar-refractivity contribution in [1.82, 2.24) is 15.4 Å². The molecule has 11 nitrogen and oxygen atoms in total. The zero-order chi connectivity index (χ0) is 16.0. The summed E-state index contributed by atoms with van der Waals surface area (Å²) in [5.41, 5.74) is 10.6. The van der Waals surface area contributed by atoms with Crippen LogP contribution in [0.2, 0.25) is 0 Å². The number of nitrogens with one attached hydrogen (secondary N) is 1. The van der Waals surface area contributed by atoms with Crippen LogP contribution >= 0.6 is 0 Å². The van der Waals surface area contributed by atoms with E-state index in [0.29, 0.717) is 0 Å². The number of urea groups is 1. The first-order chi connectivity index (χ1) is 9.31. The fraction of sp³-hybridized carbons (Fsp3) is 0.222. The second kappa shape index (κ2) is 12.7. The molecule has 0 saturated heterocycles. The first-order valence-corrected chi connectivity index (χ1v) is 4.96. The van der Waals surface area contributed by atoms with Crippen molar-refractivity contribution < 1.29 is 24.6 Å². The minimum absolute atomic E-state index is 0.630. The molecule has 20 heavy (non-hydrogen) atoms. The summed E-state index contributed by atoms with van der Waals surface area (Å²) in [7, 11) is 0. The predicted octanol–water partition coefficient (Wildman–Crippen LogP) is -2.69. The van der Waals surface area contributed by atoms with Crippen LogP contribution in [0.25, 0.3) is 0 Å². The number of aliphatic hydroxyl groups excluding tert-OH is 1. The van der Waals surface area contributed by atoms with Crippen molar-refractivity contribution in [3.8, 4) is 0 Å². The normalized spacial score (nSPS) is 9.70. The molecule has 0 aromatic carbocycles. The molecule has 1 atom stereocenters. The largest absolute Gasteiger partial charge is 0.481 e. The van der Waals surface area contributed by atoms with E-state index >= 15 is 0 Å². The fourth-order valence-electron chi connectivity index (χ4n) is 0.519. The second-order valence-electron chi connectivity index (χ2n) is 2.93. The van der Waals surface area contributed by atoms with Crippen LogP contribution in [0.4, 0.5) is 4.79 Å². The van der Waals surface area contributed by atoms with Crippen molar-refractivity contribution >= 4 is 17.9 Å². The summed E-state index contributed by atoms with van der Waals surface area (Å²) in [6, 6.07) is 1.06. The summed E-state index contributed by atoms with van der Waals surface area (Å²) in [6.07, 6.45) is 2.68. The van der Waals surface area contributed by atoms with E-state index in [0.717, 1.165) is 0 Å². The van der Waals surface area contributed by atoms with E-state index in [-0.39, 0.29) is 0 Å². The van der Waals surface area contributed by atoms with E-state index in [2.05, 4.69) is 27.3 Å². The molecule has 0 bridgehead atoms. The highest BCUT2D eigenvalue weighted by molar-refractivity contribution is 5.83. The van der Waals surface area contributed by atoms with Gasteiger partial charge in [-0.2, -0.15) is 0 Å². The van der Waals surface area contributed by atoms with Crippen molar-refractivity contribution in [2.24, 2.45) is 17.3 Å². The van der Waals surface area contributed by atoms with E-state index in [1.54, 1.807) is 23.9 Å². The summed E-state index contributed by atoms with van der Waals surface area (Å²) in [5, 5.41) is 16.4. The summed E-state index contributed by atoms with van der Waals surface area (Å²) in [4.78, 5) is 36.4. The summed E-state index contributed by atoms with van der Waals surface area (Å²) in [5.74, 6) is 2.18. The van der Waals surface area contributed by atoms with Crippen molar-refractivity contribution in [2.45, 2.75) is 12.5 Å². The molecule has 9 N–H and O–H groups in total. The van der Waals surface area contributed by atoms with Crippen LogP contribution in [-0.2, 0) is 9.59 Å². The second-order valence-corrected chi connectivity index (χ2v) is 2.93. The van der Waals surface area contributed by atoms with Gasteiger partial charge in [0.1, 0.15) is 12.4 Å². The zero-order valence-corrected chi connectivity index (χ0v) is 10.3. The van der Waals surface area contributed by atoms with E-state index in [1.165, 1.54) is 6.33 Å². The number of hydrazine groups is 1. The van der Waals surface area contributed by atoms with Crippen molar-refractivity contribution in [2.75, 3.05) is 0 Å². The number of hydrogen-bond acceptors (Lipinski definition) is 7. The fourth-order valence-corrected chi connectivity index (χ4v) is 0.519. The highest BCUT2D eigenvalue weighted by Gasteiger charge is 2.13. The number of aliphatic carboxylic acids is 1. The SMILES string of the molecule is NC(=O)C(O)CC(=O)O.NNC(N)=O.c1cncnc1. The van der Waals surface area contributed by atoms with Gasteiger partial charge in [0.25, 0.3) is 0 Å². The van der Waals surface area contributed by atoms with Gasteiger partial charge in [-0.3, -0.25) is 15.0 Å². The lowest BCUT2D eigenvalue weighted by Gasteiger charge is -1.99. The van der Waals surface area contributed by atoms with Gasteiger partial charge >= 0.3 is 12.0 Å². The number of aliphatic hydroxyl groups is 1. The summed E-state index contributed by atoms with van der Waals surface area (Å²) >= 11 is 0. The number of hydrogen-bond donors (Lipinski definition) is 6. The van der Waals surface area contributed by atoms with Crippen LogP contribution < -0.4 is 22.7 Å². The summed E-state index contributed by atoms with van der Waals surface area (Å²) in [6.45, 7) is 0. The van der Waals surface area contributed by atoms with E-state index in [4.69, 9.17) is 10.2 Å². The molecule has 1 aromatic heterocycles. The van der Waals surface area contributed by atoms with Gasteiger partial charge in [-0.05, 0) is 6.07 Å². The lowest BCUT2D eigenvalue weighted by Crippen LogP contribution is -2.34. The number of primary amides is 2. The molecule has 1 rings (SSSR count). The number of carboxylic acids is 1. The first-order valence-electron chi connectivity index (χ1n) is 4.96. The number of amides is 3. The monoisotopic (exact) mass is 288 g/mol. The number of carbonyl (C=O) groups is 3. The Morgan fingerprint density at radius 2 is 1.65 bits per heavy atom. The average molecular weight is 288 g/mol. The minimum Gasteiger partial charge on any atom is -0.481 e. The molecule has 3 amide bonds. The Morgan fingerprint density at radius 3 is 1.75 bits per heavy atom. The van der Waals surface area contributed by atoms with Crippen molar-refractivity contribution in [3.63, 3.8) is 0 Å². The molecular formula is C9H16N6O5. The Kier molecular flexibility index (Phi) is 12.4. The number of aromatic nitrogens is 2. The van der Waals surface area contributed by atoms with Crippen LogP contribution in [-0.4, -0.2) is 44.2 Å². The molecule has 0 fully saturated rings. The zero-order valence-electron chi connectivity index (χ0n) is 10.3. The Morgan fingerprint density at radius 1 is 1.20 bits per heavy atom. The predicted molar refractivity (Wildman–Crippen MR) is 66.4 cm³/mol. The molecular weight excluding hydrogens is 272 g/mol. The smallest absolute Gasteiger partial charge is 0.326 e. The van der Waals surface area contributed by atoms with Crippen LogP contribution in [0.1, 0.15) is 6.42 Å². The molecule has 1 heterocycles. The Hall–Kier alpha value is -2.79. The topological polar surface area (TPSA) is 208 Å². The lowest BCUT2D eigenvalue weighted by atomic mass is 10.2. The number of nitrogens with zero attached hydrogens (tertiary/aromatic N) is 2. The average Bonchev–Trinajstić information content (AvgIpc) is 2.41. The molecule has 11 heteroatoms. The maximum atomic E-state index is 9.94. The third kappa shape index (κ3) is 17.6. The third-order valence-electron chi connectivity index (χ3n) is 1.32. The Bertz CT molecular complexity index is 374. The molecule has 0 aliphatic heterocycles. The minimum atomic E-state index is -1.57. The third-order valence-corrected chi connectivity index (χ3v) is 1.32. The molecule has 1 unspecified atom stereocenters. The Balaban J connectivity index is 0. The summed E-state index contributed by atoms with van der Waals surface area (Å²) < 4.78 is 0. The van der Waals surface area contributed by atoms with Gasteiger partial charge in [0.05, 0.1) is 6.42 Å². The van der Waals surface area contributed by atoms with Gasteiger partial charge in [-0.1, -0.05) is 0 Å². The quantitative estimate of drug-likeness (QED) is 0.195. The molecule has 112 valence electrons. The van der Waals surface area contributed by atoms with E-state index < -0.39 is 30.4 Å². The number of carbonyl (C=O) groups excluding carboxylic acids is 2. The van der Waals surface area contributed by atoms with Gasteiger partial charge in [0, 0.05) is 12.4 Å². The van der Waals surface area contributed by atoms with E-state index in [1.807, 2.05) is 0 Å². The standard InChI is InChI=1S/C4H4N2.C4H7NO4.CH5N3O/c1-2-5-4-6-3-1;5-4(9)2(6)1-3(7)8;2-1(5)4-3/h1-4H;2,6H,1H2,(H2,5,9)(H,7,8);3H2,(H3,2,4,5). The number of nitrogens with two attached hydrogens (primary N) is 3. The molecule has 0 spiro atoms. The highest BCUT2D eigenvalue weighted by atomic mass is 16.4. The maximum Gasteiger partial charge on any atom is 0.326 e. The van der Waals surface area contributed by atoms with Gasteiger partial charge in [-0.25, -0.2) is 20.6 Å². The van der Waals surface area contributed by atoms with Crippen molar-refractivity contribution in [1.29, 1.82) is 0 Å². The maximum absolute atomic E-state index is 9.94. The molecule has 0 aliphatic carbocycles. The lowest BCUT2D eigenvalue weighted by molar-refractivity contribution is -0.142. The van der Waals surface area contributed by atoms with Crippen LogP contribution in [0.3, 0.4) is 0 Å². The number of rotatable bonds is 3. The van der Waals surface area contributed by atoms with Crippen LogP contribution in [0, 0.1) is 0 Å². The molecule has 1 aromatic rings. The Labute approximate surface area is 113 Å². The van der Waals surface area contributed by atoms with E-state index in [9.17, 15) is 14.4 Å². The first kappa shape index (κ1) is 19.5. The van der Waals surface area contributed by atoms with Gasteiger partial charge < -0.3 is 21.7 Å². The highest BCUT2D eigenvalue weighted by Crippen LogP contribution is 1.87. The molecule has 0 aliphatic rings. The van der Waals surface area contributed by atoms with Crippen molar-refractivity contribution in [3.05, 3.63) is 24.8 Å². The van der Waals surface area contributed by atoms with Gasteiger partial charge in [-0.15, -0.1) is 0 Å². The number of carboxylic acid groups (broad SMARTS) is 1. The van der Waals surface area contributed by atoms with Gasteiger partial charge in [0.2, 0.25) is 5.91 Å². The molecule has 0 radical (unpaired) electrons.